The third-order valence-electron chi connectivity index (χ3n) is 4.31. The summed E-state index contributed by atoms with van der Waals surface area (Å²) < 4.78 is 42.4. The van der Waals surface area contributed by atoms with E-state index in [0.29, 0.717) is 32.7 Å². The summed E-state index contributed by atoms with van der Waals surface area (Å²) in [6.45, 7) is -0.0157. The lowest BCUT2D eigenvalue weighted by Crippen LogP contribution is -2.48. The van der Waals surface area contributed by atoms with Gasteiger partial charge in [-0.2, -0.15) is 8.78 Å². The maximum Gasteiger partial charge on any atom is 0.387 e. The van der Waals surface area contributed by atoms with Crippen LogP contribution in [0.1, 0.15) is 15.9 Å². The standard InChI is InChI=1S/C19H19F3N2O2/c20-15-7-5-14(6-8-15)13-23-9-11-24(12-10-23)18(25)16-3-1-2-4-17(16)26-19(21)22/h1-8,19H,9-13H2. The van der Waals surface area contributed by atoms with E-state index < -0.39 is 6.61 Å². The van der Waals surface area contributed by atoms with E-state index in [4.69, 9.17) is 0 Å². The molecule has 2 aromatic carbocycles. The van der Waals surface area contributed by atoms with Crippen molar-refractivity contribution in [2.24, 2.45) is 0 Å². The second-order valence-electron chi connectivity index (χ2n) is 6.07. The van der Waals surface area contributed by atoms with E-state index in [1.54, 1.807) is 29.2 Å². The quantitative estimate of drug-likeness (QED) is 0.815. The van der Waals surface area contributed by atoms with Crippen molar-refractivity contribution in [2.75, 3.05) is 26.2 Å². The molecule has 7 heteroatoms. The zero-order valence-corrected chi connectivity index (χ0v) is 14.1. The number of carbonyl (C=O) groups is 1. The maximum absolute atomic E-state index is 13.0. The molecule has 3 rings (SSSR count). The lowest BCUT2D eigenvalue weighted by atomic mass is 10.1. The number of alkyl halides is 2. The minimum absolute atomic E-state index is 0.110. The zero-order chi connectivity index (χ0) is 18.5. The molecule has 0 atom stereocenters. The third-order valence-corrected chi connectivity index (χ3v) is 4.31. The molecule has 1 aliphatic heterocycles. The van der Waals surface area contributed by atoms with E-state index >= 15 is 0 Å². The third kappa shape index (κ3) is 4.54. The van der Waals surface area contributed by atoms with E-state index in [-0.39, 0.29) is 23.0 Å². The molecule has 2 aromatic rings. The van der Waals surface area contributed by atoms with Gasteiger partial charge < -0.3 is 9.64 Å². The molecule has 1 amide bonds. The number of halogens is 3. The summed E-state index contributed by atoms with van der Waals surface area (Å²) in [5.74, 6) is -0.697. The highest BCUT2D eigenvalue weighted by atomic mass is 19.3. The highest BCUT2D eigenvalue weighted by Crippen LogP contribution is 2.22. The molecule has 1 heterocycles. The van der Waals surface area contributed by atoms with E-state index in [2.05, 4.69) is 9.64 Å². The van der Waals surface area contributed by atoms with Crippen LogP contribution >= 0.6 is 0 Å². The highest BCUT2D eigenvalue weighted by Gasteiger charge is 2.25. The molecule has 1 saturated heterocycles. The van der Waals surface area contributed by atoms with Gasteiger partial charge >= 0.3 is 6.61 Å². The molecule has 0 radical (unpaired) electrons. The minimum atomic E-state index is -2.98. The van der Waals surface area contributed by atoms with Gasteiger partial charge in [0.05, 0.1) is 5.56 Å². The summed E-state index contributed by atoms with van der Waals surface area (Å²) in [5.41, 5.74) is 1.14. The number of amides is 1. The molecule has 1 fully saturated rings. The van der Waals surface area contributed by atoms with Gasteiger partial charge in [0.15, 0.2) is 0 Å². The predicted octanol–water partition coefficient (Wildman–Crippen LogP) is 3.39. The molecular weight excluding hydrogens is 345 g/mol. The average Bonchev–Trinajstić information content (AvgIpc) is 2.64. The first-order chi connectivity index (χ1) is 12.5. The smallest absolute Gasteiger partial charge is 0.387 e. The number of nitrogens with zero attached hydrogens (tertiary/aromatic N) is 2. The Bertz CT molecular complexity index is 745. The van der Waals surface area contributed by atoms with Crippen LogP contribution in [0.2, 0.25) is 0 Å². The van der Waals surface area contributed by atoms with E-state index in [1.807, 2.05) is 0 Å². The molecule has 1 aliphatic rings. The summed E-state index contributed by atoms with van der Waals surface area (Å²) in [6.07, 6.45) is 0. The molecule has 0 aromatic heterocycles. The lowest BCUT2D eigenvalue weighted by Gasteiger charge is -2.35. The Balaban J connectivity index is 1.59. The summed E-state index contributed by atoms with van der Waals surface area (Å²) in [5, 5.41) is 0. The zero-order valence-electron chi connectivity index (χ0n) is 14.1. The van der Waals surface area contributed by atoms with Crippen molar-refractivity contribution >= 4 is 5.91 Å². The van der Waals surface area contributed by atoms with Gasteiger partial charge in [0.1, 0.15) is 11.6 Å². The number of rotatable bonds is 5. The van der Waals surface area contributed by atoms with Crippen LogP contribution < -0.4 is 4.74 Å². The van der Waals surface area contributed by atoms with Gasteiger partial charge in [-0.25, -0.2) is 4.39 Å². The Labute approximate surface area is 149 Å². The summed E-state index contributed by atoms with van der Waals surface area (Å²) in [4.78, 5) is 16.4. The molecule has 138 valence electrons. The average molecular weight is 364 g/mol. The molecular formula is C19H19F3N2O2. The molecule has 26 heavy (non-hydrogen) atoms. The van der Waals surface area contributed by atoms with Crippen molar-refractivity contribution in [3.05, 3.63) is 65.5 Å². The summed E-state index contributed by atoms with van der Waals surface area (Å²) >= 11 is 0. The van der Waals surface area contributed by atoms with Crippen molar-refractivity contribution in [2.45, 2.75) is 13.2 Å². The van der Waals surface area contributed by atoms with Gasteiger partial charge in [-0.1, -0.05) is 24.3 Å². The van der Waals surface area contributed by atoms with Crippen molar-refractivity contribution in [1.82, 2.24) is 9.80 Å². The first-order valence-electron chi connectivity index (χ1n) is 8.33. The fourth-order valence-corrected chi connectivity index (χ4v) is 2.97. The van der Waals surface area contributed by atoms with Crippen LogP contribution in [0.4, 0.5) is 13.2 Å². The van der Waals surface area contributed by atoms with Crippen molar-refractivity contribution in [3.8, 4) is 5.75 Å². The maximum atomic E-state index is 13.0. The Morgan fingerprint density at radius 2 is 1.65 bits per heavy atom. The Kier molecular flexibility index (Phi) is 5.78. The van der Waals surface area contributed by atoms with Crippen LogP contribution in [-0.2, 0) is 6.54 Å². The lowest BCUT2D eigenvalue weighted by molar-refractivity contribution is -0.0503. The largest absolute Gasteiger partial charge is 0.434 e. The number of piperazine rings is 1. The van der Waals surface area contributed by atoms with Crippen LogP contribution in [0.5, 0.6) is 5.75 Å². The molecule has 0 unspecified atom stereocenters. The number of hydrogen-bond donors (Lipinski definition) is 0. The Morgan fingerprint density at radius 1 is 1.00 bits per heavy atom. The predicted molar refractivity (Wildman–Crippen MR) is 90.7 cm³/mol. The molecule has 0 bridgehead atoms. The molecule has 0 aliphatic carbocycles. The first-order valence-corrected chi connectivity index (χ1v) is 8.33. The summed E-state index contributed by atoms with van der Waals surface area (Å²) in [6, 6.07) is 12.4. The topological polar surface area (TPSA) is 32.8 Å². The Morgan fingerprint density at radius 3 is 2.31 bits per heavy atom. The number of benzene rings is 2. The van der Waals surface area contributed by atoms with Crippen molar-refractivity contribution < 1.29 is 22.7 Å². The van der Waals surface area contributed by atoms with E-state index in [9.17, 15) is 18.0 Å². The number of carbonyl (C=O) groups excluding carboxylic acids is 1. The monoisotopic (exact) mass is 364 g/mol. The van der Waals surface area contributed by atoms with Crippen LogP contribution in [0.3, 0.4) is 0 Å². The van der Waals surface area contributed by atoms with Gasteiger partial charge in [0, 0.05) is 32.7 Å². The van der Waals surface area contributed by atoms with Gasteiger partial charge in [-0.3, -0.25) is 9.69 Å². The molecule has 0 saturated carbocycles. The molecule has 0 spiro atoms. The number of hydrogen-bond acceptors (Lipinski definition) is 3. The fraction of sp³-hybridized carbons (Fsp3) is 0.316. The van der Waals surface area contributed by atoms with Crippen LogP contribution in [-0.4, -0.2) is 48.5 Å². The van der Waals surface area contributed by atoms with Gasteiger partial charge in [-0.15, -0.1) is 0 Å². The first kappa shape index (κ1) is 18.3. The van der Waals surface area contributed by atoms with Gasteiger partial charge in [0.25, 0.3) is 5.91 Å². The normalized spacial score (nSPS) is 15.3. The summed E-state index contributed by atoms with van der Waals surface area (Å²) in [7, 11) is 0. The molecule has 0 N–H and O–H groups in total. The van der Waals surface area contributed by atoms with E-state index in [0.717, 1.165) is 5.56 Å². The van der Waals surface area contributed by atoms with E-state index in [1.165, 1.54) is 24.3 Å². The van der Waals surface area contributed by atoms with Crippen LogP contribution in [0.15, 0.2) is 48.5 Å². The van der Waals surface area contributed by atoms with Crippen molar-refractivity contribution in [1.29, 1.82) is 0 Å². The van der Waals surface area contributed by atoms with Gasteiger partial charge in [0.2, 0.25) is 0 Å². The second kappa shape index (κ2) is 8.23. The van der Waals surface area contributed by atoms with Crippen LogP contribution in [0, 0.1) is 5.82 Å². The highest BCUT2D eigenvalue weighted by molar-refractivity contribution is 5.97. The SMILES string of the molecule is O=C(c1ccccc1OC(F)F)N1CCN(Cc2ccc(F)cc2)CC1. The number of ether oxygens (including phenoxy) is 1. The Hall–Kier alpha value is -2.54. The number of para-hydroxylation sites is 1. The fourth-order valence-electron chi connectivity index (χ4n) is 2.97. The molecule has 4 nitrogen and oxygen atoms in total. The minimum Gasteiger partial charge on any atom is -0.434 e. The van der Waals surface area contributed by atoms with Gasteiger partial charge in [-0.05, 0) is 29.8 Å². The second-order valence-corrected chi connectivity index (χ2v) is 6.07. The van der Waals surface area contributed by atoms with Crippen LogP contribution in [0.25, 0.3) is 0 Å². The van der Waals surface area contributed by atoms with Crippen molar-refractivity contribution in [3.63, 3.8) is 0 Å².